The third kappa shape index (κ3) is 2.61. The van der Waals surface area contributed by atoms with Gasteiger partial charge in [-0.15, -0.1) is 0 Å². The van der Waals surface area contributed by atoms with E-state index in [1.807, 2.05) is 0 Å². The summed E-state index contributed by atoms with van der Waals surface area (Å²) in [6.45, 7) is 1.43. The Labute approximate surface area is 98.8 Å². The number of hydrogen-bond donors (Lipinski definition) is 1. The molecule has 0 radical (unpaired) electrons. The first kappa shape index (κ1) is 14.0. The lowest BCUT2D eigenvalue weighted by molar-refractivity contribution is -0.274. The molecule has 0 heterocycles. The van der Waals surface area contributed by atoms with Crippen LogP contribution in [0.25, 0.3) is 0 Å². The van der Waals surface area contributed by atoms with Crippen LogP contribution in [0.2, 0.25) is 0 Å². The molecular formula is C12H16F3NO. The number of aryl methyl sites for hydroxylation is 1. The molecule has 5 heteroatoms. The summed E-state index contributed by atoms with van der Waals surface area (Å²) in [7, 11) is 2.54. The van der Waals surface area contributed by atoms with E-state index in [-0.39, 0.29) is 12.1 Å². The van der Waals surface area contributed by atoms with Crippen molar-refractivity contribution in [3.63, 3.8) is 0 Å². The van der Waals surface area contributed by atoms with Crippen LogP contribution in [-0.4, -0.2) is 26.9 Å². The van der Waals surface area contributed by atoms with Crippen molar-refractivity contribution >= 4 is 0 Å². The molecule has 0 spiro atoms. The fourth-order valence-electron chi connectivity index (χ4n) is 1.82. The standard InChI is InChI=1S/C12H16F3NO/c1-9-5-4-6-10(7-9)11(17-3,8-16-2)12(13,14)15/h4-7,16H,8H2,1-3H3. The molecule has 0 saturated carbocycles. The van der Waals surface area contributed by atoms with E-state index in [2.05, 4.69) is 5.32 Å². The molecule has 1 atom stereocenters. The Balaban J connectivity index is 3.32. The van der Waals surface area contributed by atoms with Gasteiger partial charge in [0.1, 0.15) is 0 Å². The SMILES string of the molecule is CNCC(OC)(c1cccc(C)c1)C(F)(F)F. The highest BCUT2D eigenvalue weighted by molar-refractivity contribution is 5.29. The molecule has 0 aliphatic heterocycles. The number of likely N-dealkylation sites (N-methyl/N-ethyl adjacent to an activating group) is 1. The van der Waals surface area contributed by atoms with Crippen molar-refractivity contribution in [2.24, 2.45) is 0 Å². The lowest BCUT2D eigenvalue weighted by atomic mass is 9.91. The van der Waals surface area contributed by atoms with Crippen LogP contribution in [0.3, 0.4) is 0 Å². The minimum atomic E-state index is -4.47. The monoisotopic (exact) mass is 247 g/mol. The van der Waals surface area contributed by atoms with Crippen LogP contribution in [-0.2, 0) is 10.3 Å². The fraction of sp³-hybridized carbons (Fsp3) is 0.500. The highest BCUT2D eigenvalue weighted by atomic mass is 19.4. The van der Waals surface area contributed by atoms with Gasteiger partial charge in [-0.05, 0) is 19.5 Å². The van der Waals surface area contributed by atoms with Gasteiger partial charge in [0, 0.05) is 13.7 Å². The predicted molar refractivity (Wildman–Crippen MR) is 59.8 cm³/mol. The van der Waals surface area contributed by atoms with E-state index >= 15 is 0 Å². The largest absolute Gasteiger partial charge is 0.422 e. The number of benzene rings is 1. The zero-order valence-corrected chi connectivity index (χ0v) is 10.1. The summed E-state index contributed by atoms with van der Waals surface area (Å²) in [4.78, 5) is 0. The molecule has 1 aromatic rings. The Hall–Kier alpha value is -1.07. The Kier molecular flexibility index (Phi) is 4.16. The molecule has 1 unspecified atom stereocenters. The zero-order chi connectivity index (χ0) is 13.1. The molecule has 0 saturated heterocycles. The van der Waals surface area contributed by atoms with E-state index < -0.39 is 11.8 Å². The van der Waals surface area contributed by atoms with E-state index in [1.54, 1.807) is 19.1 Å². The average molecular weight is 247 g/mol. The summed E-state index contributed by atoms with van der Waals surface area (Å²) < 4.78 is 44.4. The van der Waals surface area contributed by atoms with Crippen LogP contribution >= 0.6 is 0 Å². The second-order valence-electron chi connectivity index (χ2n) is 3.93. The van der Waals surface area contributed by atoms with Gasteiger partial charge in [0.2, 0.25) is 5.60 Å². The molecule has 0 amide bonds. The van der Waals surface area contributed by atoms with Crippen LogP contribution in [0.5, 0.6) is 0 Å². The Morgan fingerprint density at radius 3 is 2.35 bits per heavy atom. The topological polar surface area (TPSA) is 21.3 Å². The van der Waals surface area contributed by atoms with Gasteiger partial charge in [-0.3, -0.25) is 0 Å². The summed E-state index contributed by atoms with van der Waals surface area (Å²) >= 11 is 0. The molecule has 2 nitrogen and oxygen atoms in total. The Morgan fingerprint density at radius 2 is 1.94 bits per heavy atom. The number of alkyl halides is 3. The van der Waals surface area contributed by atoms with E-state index in [4.69, 9.17) is 4.74 Å². The molecule has 0 bridgehead atoms. The minimum absolute atomic E-state index is 0.113. The first-order valence-corrected chi connectivity index (χ1v) is 5.21. The highest BCUT2D eigenvalue weighted by Gasteiger charge is 2.56. The van der Waals surface area contributed by atoms with E-state index in [0.717, 1.165) is 12.7 Å². The molecule has 0 aliphatic rings. The maximum absolute atomic E-state index is 13.2. The van der Waals surface area contributed by atoms with Crippen molar-refractivity contribution in [3.8, 4) is 0 Å². The first-order valence-electron chi connectivity index (χ1n) is 5.21. The second-order valence-corrected chi connectivity index (χ2v) is 3.93. The van der Waals surface area contributed by atoms with Gasteiger partial charge >= 0.3 is 6.18 Å². The highest BCUT2D eigenvalue weighted by Crippen LogP contribution is 2.41. The van der Waals surface area contributed by atoms with Crippen LogP contribution in [0.15, 0.2) is 24.3 Å². The van der Waals surface area contributed by atoms with Crippen LogP contribution in [0.1, 0.15) is 11.1 Å². The summed E-state index contributed by atoms with van der Waals surface area (Å²) in [6.07, 6.45) is -4.47. The van der Waals surface area contributed by atoms with Gasteiger partial charge in [-0.1, -0.05) is 29.8 Å². The molecule has 0 aliphatic carbocycles. The number of nitrogens with one attached hydrogen (secondary N) is 1. The Morgan fingerprint density at radius 1 is 1.29 bits per heavy atom. The smallest absolute Gasteiger partial charge is 0.363 e. The van der Waals surface area contributed by atoms with E-state index in [0.29, 0.717) is 0 Å². The predicted octanol–water partition coefficient (Wildman–Crippen LogP) is 2.62. The van der Waals surface area contributed by atoms with Crippen LogP contribution in [0.4, 0.5) is 13.2 Å². The number of halogens is 3. The average Bonchev–Trinajstić information content (AvgIpc) is 2.24. The van der Waals surface area contributed by atoms with E-state index in [9.17, 15) is 13.2 Å². The van der Waals surface area contributed by atoms with Crippen molar-refractivity contribution in [2.45, 2.75) is 18.7 Å². The molecule has 1 aromatic carbocycles. The normalized spacial score (nSPS) is 15.6. The van der Waals surface area contributed by atoms with Crippen molar-refractivity contribution in [1.82, 2.24) is 5.32 Å². The lowest BCUT2D eigenvalue weighted by Gasteiger charge is -2.34. The number of hydrogen-bond acceptors (Lipinski definition) is 2. The summed E-state index contributed by atoms with van der Waals surface area (Å²) in [5.41, 5.74) is -1.42. The molecule has 1 N–H and O–H groups in total. The van der Waals surface area contributed by atoms with Gasteiger partial charge in [-0.2, -0.15) is 13.2 Å². The first-order chi connectivity index (χ1) is 7.87. The zero-order valence-electron chi connectivity index (χ0n) is 10.1. The van der Waals surface area contributed by atoms with Gasteiger partial charge in [-0.25, -0.2) is 0 Å². The maximum Gasteiger partial charge on any atom is 0.422 e. The van der Waals surface area contributed by atoms with Crippen LogP contribution in [0, 0.1) is 6.92 Å². The van der Waals surface area contributed by atoms with Gasteiger partial charge in [0.25, 0.3) is 0 Å². The second kappa shape index (κ2) is 5.06. The van der Waals surface area contributed by atoms with Crippen molar-refractivity contribution in [2.75, 3.05) is 20.7 Å². The quantitative estimate of drug-likeness (QED) is 0.883. The van der Waals surface area contributed by atoms with Crippen molar-refractivity contribution < 1.29 is 17.9 Å². The molecule has 0 fully saturated rings. The molecule has 0 aromatic heterocycles. The number of rotatable bonds is 4. The number of ether oxygens (including phenoxy) is 1. The maximum atomic E-state index is 13.2. The van der Waals surface area contributed by atoms with Crippen molar-refractivity contribution in [1.29, 1.82) is 0 Å². The fourth-order valence-corrected chi connectivity index (χ4v) is 1.82. The van der Waals surface area contributed by atoms with Gasteiger partial charge < -0.3 is 10.1 Å². The van der Waals surface area contributed by atoms with Crippen LogP contribution < -0.4 is 5.32 Å². The summed E-state index contributed by atoms with van der Waals surface area (Å²) in [5.74, 6) is 0. The molecule has 1 rings (SSSR count). The molecule has 96 valence electrons. The molecular weight excluding hydrogens is 231 g/mol. The third-order valence-electron chi connectivity index (χ3n) is 2.72. The Bertz CT molecular complexity index is 378. The number of methoxy groups -OCH3 is 1. The van der Waals surface area contributed by atoms with Gasteiger partial charge in [0.15, 0.2) is 0 Å². The summed E-state index contributed by atoms with van der Waals surface area (Å²) in [5, 5.41) is 2.54. The summed E-state index contributed by atoms with van der Waals surface area (Å²) in [6, 6.07) is 6.27. The van der Waals surface area contributed by atoms with E-state index in [1.165, 1.54) is 19.2 Å². The van der Waals surface area contributed by atoms with Gasteiger partial charge in [0.05, 0.1) is 0 Å². The lowest BCUT2D eigenvalue weighted by Crippen LogP contribution is -2.50. The minimum Gasteiger partial charge on any atom is -0.363 e. The third-order valence-corrected chi connectivity index (χ3v) is 2.72. The molecule has 17 heavy (non-hydrogen) atoms. The van der Waals surface area contributed by atoms with Crippen molar-refractivity contribution in [3.05, 3.63) is 35.4 Å².